The van der Waals surface area contributed by atoms with Crippen LogP contribution in [0.4, 0.5) is 0 Å². The minimum Gasteiger partial charge on any atom is -0.381 e. The number of hydrogen-bond acceptors (Lipinski definition) is 3. The first-order valence-electron chi connectivity index (χ1n) is 6.04. The van der Waals surface area contributed by atoms with Gasteiger partial charge in [0, 0.05) is 31.9 Å². The van der Waals surface area contributed by atoms with Crippen LogP contribution >= 0.6 is 0 Å². The molecule has 0 aliphatic heterocycles. The lowest BCUT2D eigenvalue weighted by molar-refractivity contribution is 0.0343. The zero-order valence-electron chi connectivity index (χ0n) is 10.9. The number of hydrogen-bond donors (Lipinski definition) is 1. The van der Waals surface area contributed by atoms with Crippen molar-refractivity contribution in [2.24, 2.45) is 0 Å². The molecule has 0 aliphatic rings. The highest BCUT2D eigenvalue weighted by Gasteiger charge is 2.10. The second-order valence-corrected chi connectivity index (χ2v) is 6.67. The fraction of sp³-hybridized carbons (Fsp3) is 1.00. The van der Waals surface area contributed by atoms with Crippen LogP contribution in [0.5, 0.6) is 0 Å². The lowest BCUT2D eigenvalue weighted by Gasteiger charge is -2.21. The van der Waals surface area contributed by atoms with E-state index in [1.54, 1.807) is 0 Å². The maximum atomic E-state index is 5.74. The molecule has 0 aliphatic carbocycles. The normalized spacial score (nSPS) is 17.8. The molecule has 0 aromatic carbocycles. The molecular formula is C10H27NO2Si2. The summed E-state index contributed by atoms with van der Waals surface area (Å²) in [6.07, 6.45) is 2.25. The molecule has 0 fully saturated rings. The Bertz CT molecular complexity index is 135. The van der Waals surface area contributed by atoms with Crippen molar-refractivity contribution in [1.82, 2.24) is 5.32 Å². The van der Waals surface area contributed by atoms with E-state index in [9.17, 15) is 0 Å². The summed E-state index contributed by atoms with van der Waals surface area (Å²) in [5.74, 6) is 0. The molecule has 5 heteroatoms. The molecular weight excluding hydrogens is 222 g/mol. The van der Waals surface area contributed by atoms with Gasteiger partial charge >= 0.3 is 0 Å². The predicted octanol–water partition coefficient (Wildman–Crippen LogP) is -1.19. The largest absolute Gasteiger partial charge is 0.381 e. The summed E-state index contributed by atoms with van der Waals surface area (Å²) in [6, 6.07) is 0.344. The molecule has 3 nitrogen and oxygen atoms in total. The molecule has 0 aromatic rings. The van der Waals surface area contributed by atoms with Gasteiger partial charge in [0.25, 0.3) is 0 Å². The van der Waals surface area contributed by atoms with Gasteiger partial charge in [0.15, 0.2) is 0 Å². The van der Waals surface area contributed by atoms with Crippen LogP contribution in [0.25, 0.3) is 0 Å². The molecule has 0 heterocycles. The van der Waals surface area contributed by atoms with Gasteiger partial charge in [0.05, 0.1) is 19.3 Å². The summed E-state index contributed by atoms with van der Waals surface area (Å²) in [6.45, 7) is 5.90. The van der Waals surface area contributed by atoms with Crippen molar-refractivity contribution in [2.45, 2.75) is 44.2 Å². The average Bonchev–Trinajstić information content (AvgIpc) is 2.28. The van der Waals surface area contributed by atoms with Crippen molar-refractivity contribution < 1.29 is 9.47 Å². The molecule has 0 rings (SSSR count). The van der Waals surface area contributed by atoms with E-state index >= 15 is 0 Å². The molecule has 0 bridgehead atoms. The van der Waals surface area contributed by atoms with Gasteiger partial charge in [-0.1, -0.05) is 13.8 Å². The van der Waals surface area contributed by atoms with E-state index in [1.807, 2.05) is 7.05 Å². The Kier molecular flexibility index (Phi) is 9.73. The first kappa shape index (κ1) is 15.3. The summed E-state index contributed by atoms with van der Waals surface area (Å²) in [5, 5.41) is 3.24. The Morgan fingerprint density at radius 1 is 1.00 bits per heavy atom. The van der Waals surface area contributed by atoms with Gasteiger partial charge in [-0.15, -0.1) is 0 Å². The van der Waals surface area contributed by atoms with Crippen LogP contribution in [0.15, 0.2) is 0 Å². The molecule has 0 saturated heterocycles. The first-order valence-corrected chi connectivity index (χ1v) is 8.35. The summed E-state index contributed by atoms with van der Waals surface area (Å²) < 4.78 is 11.5. The number of nitrogens with one attached hydrogen (secondary N) is 1. The molecule has 2 atom stereocenters. The van der Waals surface area contributed by atoms with Crippen LogP contribution in [0.1, 0.15) is 26.7 Å². The maximum absolute atomic E-state index is 5.74. The molecule has 1 N–H and O–H groups in total. The fourth-order valence-corrected chi connectivity index (χ4v) is 1.40. The monoisotopic (exact) mass is 249 g/mol. The Labute approximate surface area is 100 Å². The summed E-state index contributed by atoms with van der Waals surface area (Å²) >= 11 is 0. The standard InChI is InChI=1S/C10H27NO2Si2/c1-4-9(14)12-6-8(11-3)7-13-10(15)5-2/h8-11H,4-7H2,1-3,14-15H3. The van der Waals surface area contributed by atoms with E-state index in [0.29, 0.717) is 17.5 Å². The minimum atomic E-state index is 0.344. The molecule has 0 spiro atoms. The quantitative estimate of drug-likeness (QED) is 0.522. The highest BCUT2D eigenvalue weighted by atomic mass is 28.1. The third kappa shape index (κ3) is 8.16. The molecule has 0 aromatic heterocycles. The van der Waals surface area contributed by atoms with Gasteiger partial charge < -0.3 is 14.8 Å². The molecule has 0 saturated carbocycles. The van der Waals surface area contributed by atoms with Crippen LogP contribution in [-0.4, -0.2) is 58.2 Å². The fourth-order valence-electron chi connectivity index (χ4n) is 1.01. The van der Waals surface area contributed by atoms with Crippen molar-refractivity contribution in [2.75, 3.05) is 20.3 Å². The second-order valence-electron chi connectivity index (χ2n) is 4.09. The average molecular weight is 250 g/mol. The van der Waals surface area contributed by atoms with E-state index in [1.165, 1.54) is 0 Å². The number of ether oxygens (including phenoxy) is 2. The van der Waals surface area contributed by atoms with Crippen LogP contribution < -0.4 is 5.32 Å². The van der Waals surface area contributed by atoms with Crippen LogP contribution in [0.2, 0.25) is 0 Å². The van der Waals surface area contributed by atoms with Gasteiger partial charge in [-0.3, -0.25) is 0 Å². The van der Waals surface area contributed by atoms with Crippen LogP contribution in [-0.2, 0) is 9.47 Å². The van der Waals surface area contributed by atoms with Gasteiger partial charge in [-0.2, -0.15) is 0 Å². The highest BCUT2D eigenvalue weighted by molar-refractivity contribution is 6.11. The van der Waals surface area contributed by atoms with Gasteiger partial charge in [0.2, 0.25) is 0 Å². The maximum Gasteiger partial charge on any atom is 0.0641 e. The van der Waals surface area contributed by atoms with Crippen LogP contribution in [0.3, 0.4) is 0 Å². The van der Waals surface area contributed by atoms with Crippen molar-refractivity contribution in [3.8, 4) is 0 Å². The number of likely N-dealkylation sites (N-methyl/N-ethyl adjacent to an activating group) is 1. The second kappa shape index (κ2) is 9.53. The zero-order valence-corrected chi connectivity index (χ0v) is 14.9. The molecule has 2 unspecified atom stereocenters. The van der Waals surface area contributed by atoms with Crippen molar-refractivity contribution >= 4 is 20.5 Å². The highest BCUT2D eigenvalue weighted by Crippen LogP contribution is 1.98. The van der Waals surface area contributed by atoms with Gasteiger partial charge in [0.1, 0.15) is 0 Å². The smallest absolute Gasteiger partial charge is 0.0641 e. The first-order chi connectivity index (χ1) is 7.13. The Balaban J connectivity index is 3.63. The molecule has 0 radical (unpaired) electrons. The van der Waals surface area contributed by atoms with E-state index in [4.69, 9.17) is 9.47 Å². The van der Waals surface area contributed by atoms with Crippen molar-refractivity contribution in [1.29, 1.82) is 0 Å². The lowest BCUT2D eigenvalue weighted by atomic mass is 10.3. The van der Waals surface area contributed by atoms with E-state index in [-0.39, 0.29) is 0 Å². The van der Waals surface area contributed by atoms with Gasteiger partial charge in [-0.25, -0.2) is 0 Å². The summed E-state index contributed by atoms with van der Waals surface area (Å²) in [4.78, 5) is 0. The predicted molar refractivity (Wildman–Crippen MR) is 72.8 cm³/mol. The van der Waals surface area contributed by atoms with Gasteiger partial charge in [-0.05, 0) is 19.9 Å². The topological polar surface area (TPSA) is 30.5 Å². The Hall–Kier alpha value is 0.314. The zero-order chi connectivity index (χ0) is 11.7. The molecule has 15 heavy (non-hydrogen) atoms. The van der Waals surface area contributed by atoms with E-state index in [0.717, 1.165) is 46.5 Å². The van der Waals surface area contributed by atoms with E-state index in [2.05, 4.69) is 19.2 Å². The minimum absolute atomic E-state index is 0.344. The van der Waals surface area contributed by atoms with Crippen LogP contribution in [0, 0.1) is 0 Å². The third-order valence-corrected chi connectivity index (χ3v) is 5.02. The number of rotatable bonds is 9. The molecule has 92 valence electrons. The summed E-state index contributed by atoms with van der Waals surface area (Å²) in [5.41, 5.74) is 0.970. The molecule has 0 amide bonds. The van der Waals surface area contributed by atoms with E-state index < -0.39 is 0 Å². The summed E-state index contributed by atoms with van der Waals surface area (Å²) in [7, 11) is 4.20. The Morgan fingerprint density at radius 2 is 1.40 bits per heavy atom. The Morgan fingerprint density at radius 3 is 1.67 bits per heavy atom. The lowest BCUT2D eigenvalue weighted by Crippen LogP contribution is -2.37. The van der Waals surface area contributed by atoms with Crippen molar-refractivity contribution in [3.63, 3.8) is 0 Å². The van der Waals surface area contributed by atoms with Crippen molar-refractivity contribution in [3.05, 3.63) is 0 Å². The SMILES string of the molecule is CCC([SiH3])OCC(COC([SiH3])CC)NC. The third-order valence-electron chi connectivity index (χ3n) is 2.72.